The maximum absolute atomic E-state index is 12.8. The number of nitrogens with zero attached hydrogens (tertiary/aromatic N) is 3. The van der Waals surface area contributed by atoms with Crippen LogP contribution in [0.4, 0.5) is 13.2 Å². The van der Waals surface area contributed by atoms with Crippen molar-refractivity contribution >= 4 is 5.78 Å². The average molecular weight is 335 g/mol. The maximum atomic E-state index is 12.8. The van der Waals surface area contributed by atoms with Crippen molar-refractivity contribution in [3.8, 4) is 6.07 Å². The zero-order valence-electron chi connectivity index (χ0n) is 13.0. The van der Waals surface area contributed by atoms with Crippen molar-refractivity contribution in [2.45, 2.75) is 37.9 Å². The van der Waals surface area contributed by atoms with Crippen molar-refractivity contribution in [3.05, 3.63) is 54.1 Å². The molecule has 1 heterocycles. The van der Waals surface area contributed by atoms with E-state index in [9.17, 15) is 23.2 Å². The Kier molecular flexibility index (Phi) is 5.39. The number of benzene rings is 1. The number of hydrogen-bond donors (Lipinski definition) is 0. The minimum absolute atomic E-state index is 0.172. The predicted molar refractivity (Wildman–Crippen MR) is 81.1 cm³/mol. The number of imidazole rings is 1. The highest BCUT2D eigenvalue weighted by atomic mass is 19.4. The van der Waals surface area contributed by atoms with E-state index in [-0.39, 0.29) is 5.82 Å². The van der Waals surface area contributed by atoms with Crippen LogP contribution in [-0.4, -0.2) is 21.5 Å². The number of ketones is 1. The molecule has 1 aromatic carbocycles. The molecule has 2 rings (SSSR count). The van der Waals surface area contributed by atoms with E-state index in [4.69, 9.17) is 0 Å². The fraction of sp³-hybridized carbons (Fsp3) is 0.353. The third-order valence-corrected chi connectivity index (χ3v) is 3.72. The van der Waals surface area contributed by atoms with Gasteiger partial charge in [0.15, 0.2) is 11.7 Å². The van der Waals surface area contributed by atoms with Gasteiger partial charge in [-0.05, 0) is 12.0 Å². The molecule has 7 heteroatoms. The van der Waals surface area contributed by atoms with Crippen LogP contribution in [0.3, 0.4) is 0 Å². The summed E-state index contributed by atoms with van der Waals surface area (Å²) in [5.74, 6) is -2.52. The summed E-state index contributed by atoms with van der Waals surface area (Å²) in [6, 6.07) is 10.7. The highest BCUT2D eigenvalue weighted by molar-refractivity contribution is 5.93. The summed E-state index contributed by atoms with van der Waals surface area (Å²) < 4.78 is 38.7. The summed E-state index contributed by atoms with van der Waals surface area (Å²) in [5.41, 5.74) is 0.735. The van der Waals surface area contributed by atoms with Crippen molar-refractivity contribution in [1.82, 2.24) is 9.55 Å². The van der Waals surface area contributed by atoms with E-state index in [0.29, 0.717) is 6.42 Å². The van der Waals surface area contributed by atoms with Gasteiger partial charge in [0.25, 0.3) is 0 Å². The molecule has 0 radical (unpaired) electrons. The van der Waals surface area contributed by atoms with E-state index in [2.05, 4.69) is 4.98 Å². The largest absolute Gasteiger partial charge is 0.406 e. The highest BCUT2D eigenvalue weighted by Crippen LogP contribution is 2.29. The molecule has 24 heavy (non-hydrogen) atoms. The lowest BCUT2D eigenvalue weighted by Crippen LogP contribution is -2.25. The molecular formula is C17H16F3N3O. The lowest BCUT2D eigenvalue weighted by molar-refractivity contribution is -0.141. The number of carbonyl (C=O) groups is 1. The Morgan fingerprint density at radius 1 is 1.33 bits per heavy atom. The fourth-order valence-corrected chi connectivity index (χ4v) is 2.64. The van der Waals surface area contributed by atoms with Gasteiger partial charge in [-0.15, -0.1) is 0 Å². The first-order chi connectivity index (χ1) is 11.4. The molecule has 0 N–H and O–H groups in total. The monoisotopic (exact) mass is 335 g/mol. The van der Waals surface area contributed by atoms with Gasteiger partial charge in [-0.25, -0.2) is 4.98 Å². The van der Waals surface area contributed by atoms with Crippen LogP contribution in [0.15, 0.2) is 42.7 Å². The zero-order valence-corrected chi connectivity index (χ0v) is 13.0. The maximum Gasteiger partial charge on any atom is 0.406 e. The van der Waals surface area contributed by atoms with E-state index >= 15 is 0 Å². The molecule has 0 unspecified atom stereocenters. The van der Waals surface area contributed by atoms with E-state index in [1.54, 1.807) is 37.3 Å². The number of alkyl halides is 3. The molecule has 0 saturated carbocycles. The Balaban J connectivity index is 2.33. The van der Waals surface area contributed by atoms with Gasteiger partial charge in [0, 0.05) is 18.3 Å². The number of halogens is 3. The highest BCUT2D eigenvalue weighted by Gasteiger charge is 2.34. The van der Waals surface area contributed by atoms with E-state index in [1.807, 2.05) is 6.07 Å². The SMILES string of the molecule is CC[C@@H](C(=O)[C@H](C#N)c1nccn1CC(F)(F)F)c1ccccc1. The van der Waals surface area contributed by atoms with Crippen LogP contribution < -0.4 is 0 Å². The van der Waals surface area contributed by atoms with Gasteiger partial charge in [0.2, 0.25) is 0 Å². The summed E-state index contributed by atoms with van der Waals surface area (Å²) >= 11 is 0. The van der Waals surface area contributed by atoms with Gasteiger partial charge in [-0.1, -0.05) is 37.3 Å². The number of aromatic nitrogens is 2. The smallest absolute Gasteiger partial charge is 0.324 e. The number of Topliss-reactive ketones (excluding diaryl/α,β-unsaturated/α-hetero) is 1. The minimum Gasteiger partial charge on any atom is -0.324 e. The lowest BCUT2D eigenvalue weighted by atomic mass is 9.85. The molecule has 126 valence electrons. The Labute approximate surface area is 137 Å². The molecule has 4 nitrogen and oxygen atoms in total. The minimum atomic E-state index is -4.46. The molecule has 0 fully saturated rings. The third-order valence-electron chi connectivity index (χ3n) is 3.72. The van der Waals surface area contributed by atoms with Crippen molar-refractivity contribution in [2.24, 2.45) is 0 Å². The van der Waals surface area contributed by atoms with Crippen LogP contribution in [-0.2, 0) is 11.3 Å². The third kappa shape index (κ3) is 4.02. The quantitative estimate of drug-likeness (QED) is 0.806. The molecule has 0 aliphatic rings. The van der Waals surface area contributed by atoms with Crippen LogP contribution in [0.1, 0.15) is 36.6 Å². The zero-order chi connectivity index (χ0) is 17.7. The summed E-state index contributed by atoms with van der Waals surface area (Å²) in [6.07, 6.45) is -1.71. The standard InChI is InChI=1S/C17H16F3N3O/c1-2-13(12-6-4-3-5-7-12)15(24)14(10-21)16-22-8-9-23(16)11-17(18,19)20/h3-9,13-14H,2,11H2,1H3/t13-,14+/m1/s1. The van der Waals surface area contributed by atoms with Crippen LogP contribution in [0.5, 0.6) is 0 Å². The summed E-state index contributed by atoms with van der Waals surface area (Å²) in [5, 5.41) is 9.38. The second-order valence-electron chi connectivity index (χ2n) is 5.36. The van der Waals surface area contributed by atoms with Crippen LogP contribution in [0.25, 0.3) is 0 Å². The average Bonchev–Trinajstić information content (AvgIpc) is 2.96. The van der Waals surface area contributed by atoms with Gasteiger partial charge in [0.05, 0.1) is 6.07 Å². The molecule has 0 aliphatic carbocycles. The van der Waals surface area contributed by atoms with Crippen LogP contribution in [0, 0.1) is 11.3 Å². The van der Waals surface area contributed by atoms with Gasteiger partial charge < -0.3 is 4.57 Å². The second-order valence-corrected chi connectivity index (χ2v) is 5.36. The number of hydrogen-bond acceptors (Lipinski definition) is 3. The number of carbonyl (C=O) groups excluding carboxylic acids is 1. The van der Waals surface area contributed by atoms with E-state index in [0.717, 1.165) is 16.3 Å². The molecule has 0 amide bonds. The molecule has 0 saturated heterocycles. The summed E-state index contributed by atoms with van der Waals surface area (Å²) in [4.78, 5) is 16.6. The Morgan fingerprint density at radius 2 is 2.00 bits per heavy atom. The first-order valence-electron chi connectivity index (χ1n) is 7.43. The molecule has 2 atom stereocenters. The summed E-state index contributed by atoms with van der Waals surface area (Å²) in [6.45, 7) is 0.516. The lowest BCUT2D eigenvalue weighted by Gasteiger charge is -2.18. The van der Waals surface area contributed by atoms with Gasteiger partial charge in [-0.3, -0.25) is 4.79 Å². The van der Waals surface area contributed by atoms with Gasteiger partial charge in [-0.2, -0.15) is 18.4 Å². The van der Waals surface area contributed by atoms with Crippen LogP contribution >= 0.6 is 0 Å². The van der Waals surface area contributed by atoms with Gasteiger partial charge >= 0.3 is 6.18 Å². The molecule has 0 aliphatic heterocycles. The Hall–Kier alpha value is -2.62. The number of nitriles is 1. The predicted octanol–water partition coefficient (Wildman–Crippen LogP) is 3.82. The molecule has 0 bridgehead atoms. The Bertz CT molecular complexity index is 732. The normalized spacial score (nSPS) is 14.0. The van der Waals surface area contributed by atoms with Crippen molar-refractivity contribution < 1.29 is 18.0 Å². The molecule has 2 aromatic rings. The molecular weight excluding hydrogens is 319 g/mol. The van der Waals surface area contributed by atoms with E-state index < -0.39 is 30.3 Å². The number of rotatable bonds is 6. The van der Waals surface area contributed by atoms with E-state index in [1.165, 1.54) is 6.20 Å². The summed E-state index contributed by atoms with van der Waals surface area (Å²) in [7, 11) is 0. The first-order valence-corrected chi connectivity index (χ1v) is 7.43. The van der Waals surface area contributed by atoms with Crippen LogP contribution in [0.2, 0.25) is 0 Å². The molecule has 0 spiro atoms. The second kappa shape index (κ2) is 7.30. The van der Waals surface area contributed by atoms with Crippen molar-refractivity contribution in [1.29, 1.82) is 5.26 Å². The van der Waals surface area contributed by atoms with Gasteiger partial charge in [0.1, 0.15) is 12.4 Å². The fourth-order valence-electron chi connectivity index (χ4n) is 2.64. The Morgan fingerprint density at radius 3 is 2.54 bits per heavy atom. The topological polar surface area (TPSA) is 58.7 Å². The first kappa shape index (κ1) is 17.7. The molecule has 1 aromatic heterocycles. The van der Waals surface area contributed by atoms with Crippen molar-refractivity contribution in [2.75, 3.05) is 0 Å². The van der Waals surface area contributed by atoms with Crippen molar-refractivity contribution in [3.63, 3.8) is 0 Å².